The number of nitrogens with zero attached hydrogens (tertiary/aromatic N) is 3. The summed E-state index contributed by atoms with van der Waals surface area (Å²) in [4.78, 5) is 30.1. The van der Waals surface area contributed by atoms with Gasteiger partial charge < -0.3 is 14.0 Å². The van der Waals surface area contributed by atoms with Crippen LogP contribution in [0, 0.1) is 12.3 Å². The van der Waals surface area contributed by atoms with Gasteiger partial charge in [-0.3, -0.25) is 14.6 Å². The number of carbonyl (C=O) groups excluding carboxylic acids is 1. The van der Waals surface area contributed by atoms with E-state index in [2.05, 4.69) is 4.98 Å². The molecule has 0 unspecified atom stereocenters. The molecule has 8 nitrogen and oxygen atoms in total. The summed E-state index contributed by atoms with van der Waals surface area (Å²) in [6.07, 6.45) is 2.27. The number of ether oxygens (including phenoxy) is 2. The van der Waals surface area contributed by atoms with Gasteiger partial charge in [0.2, 0.25) is 0 Å². The predicted molar refractivity (Wildman–Crippen MR) is 105 cm³/mol. The van der Waals surface area contributed by atoms with Crippen LogP contribution in [0.2, 0.25) is 0 Å². The Morgan fingerprint density at radius 1 is 1.25 bits per heavy atom. The summed E-state index contributed by atoms with van der Waals surface area (Å²) in [5, 5.41) is 8.80. The van der Waals surface area contributed by atoms with E-state index in [1.807, 2.05) is 19.9 Å². The minimum atomic E-state index is -0.623. The number of hydrogen-bond donors (Lipinski definition) is 1. The van der Waals surface area contributed by atoms with Gasteiger partial charge in [-0.25, -0.2) is 9.78 Å². The molecule has 0 spiro atoms. The Bertz CT molecular complexity index is 1150. The number of pyridine rings is 2. The number of aromatic nitrogens is 3. The highest BCUT2D eigenvalue weighted by Crippen LogP contribution is 2.13. The van der Waals surface area contributed by atoms with Gasteiger partial charge in [0.15, 0.2) is 0 Å². The number of carbonyl (C=O) groups is 1. The van der Waals surface area contributed by atoms with Crippen LogP contribution in [0.25, 0.3) is 16.7 Å². The van der Waals surface area contributed by atoms with Crippen LogP contribution in [0.1, 0.15) is 36.2 Å². The van der Waals surface area contributed by atoms with E-state index in [1.54, 1.807) is 23.8 Å². The monoisotopic (exact) mass is 384 g/mol. The van der Waals surface area contributed by atoms with Crippen LogP contribution in [0.3, 0.4) is 0 Å². The van der Waals surface area contributed by atoms with Gasteiger partial charge in [0.1, 0.15) is 22.3 Å². The minimum Gasteiger partial charge on any atom is -0.462 e. The Labute approximate surface area is 161 Å². The van der Waals surface area contributed by atoms with Crippen LogP contribution in [-0.4, -0.2) is 39.7 Å². The highest BCUT2D eigenvalue weighted by Gasteiger charge is 2.18. The van der Waals surface area contributed by atoms with E-state index in [4.69, 9.17) is 14.9 Å². The molecule has 0 aliphatic heterocycles. The Morgan fingerprint density at radius 3 is 2.75 bits per heavy atom. The zero-order valence-corrected chi connectivity index (χ0v) is 16.3. The van der Waals surface area contributed by atoms with Crippen LogP contribution in [0.15, 0.2) is 29.2 Å². The number of aryl methyl sites for hydroxylation is 2. The minimum absolute atomic E-state index is 0.0210. The van der Waals surface area contributed by atoms with Gasteiger partial charge in [-0.1, -0.05) is 6.07 Å². The summed E-state index contributed by atoms with van der Waals surface area (Å²) in [6, 6.07) is 5.07. The molecule has 0 amide bonds. The Kier molecular flexibility index (Phi) is 5.89. The van der Waals surface area contributed by atoms with E-state index in [0.717, 1.165) is 5.56 Å². The van der Waals surface area contributed by atoms with Crippen molar-refractivity contribution in [2.75, 3.05) is 19.8 Å². The number of rotatable bonds is 7. The number of esters is 1. The second-order valence-corrected chi connectivity index (χ2v) is 6.37. The van der Waals surface area contributed by atoms with Gasteiger partial charge in [-0.05, 0) is 44.9 Å². The third-order valence-electron chi connectivity index (χ3n) is 4.50. The summed E-state index contributed by atoms with van der Waals surface area (Å²) in [7, 11) is 0. The molecule has 3 aromatic heterocycles. The number of hydrogen-bond acceptors (Lipinski definition) is 6. The van der Waals surface area contributed by atoms with Crippen molar-refractivity contribution in [2.24, 2.45) is 0 Å². The van der Waals surface area contributed by atoms with Gasteiger partial charge in [0, 0.05) is 26.0 Å². The fourth-order valence-electron chi connectivity index (χ4n) is 3.15. The van der Waals surface area contributed by atoms with Gasteiger partial charge in [-0.15, -0.1) is 0 Å². The molecule has 0 bridgehead atoms. The molecule has 0 saturated heterocycles. The van der Waals surface area contributed by atoms with Crippen molar-refractivity contribution in [3.05, 3.63) is 51.4 Å². The molecular formula is C20H24N4O4. The van der Waals surface area contributed by atoms with Crippen molar-refractivity contribution >= 4 is 22.6 Å². The first-order valence-electron chi connectivity index (χ1n) is 9.34. The topological polar surface area (TPSA) is 98.7 Å². The van der Waals surface area contributed by atoms with Crippen molar-refractivity contribution in [3.8, 4) is 0 Å². The molecule has 148 valence electrons. The maximum Gasteiger partial charge on any atom is 0.341 e. The zero-order valence-electron chi connectivity index (χ0n) is 16.3. The number of nitrogens with one attached hydrogen (secondary N) is 1. The second-order valence-electron chi connectivity index (χ2n) is 6.37. The first-order valence-corrected chi connectivity index (χ1v) is 9.34. The molecule has 1 N–H and O–H groups in total. The molecule has 0 aliphatic rings. The van der Waals surface area contributed by atoms with E-state index < -0.39 is 5.97 Å². The van der Waals surface area contributed by atoms with Crippen molar-refractivity contribution in [1.29, 1.82) is 5.41 Å². The fourth-order valence-corrected chi connectivity index (χ4v) is 3.15. The van der Waals surface area contributed by atoms with Crippen LogP contribution in [-0.2, 0) is 16.0 Å². The van der Waals surface area contributed by atoms with Crippen LogP contribution >= 0.6 is 0 Å². The third-order valence-corrected chi connectivity index (χ3v) is 4.50. The molecule has 8 heteroatoms. The molecule has 0 fully saturated rings. The van der Waals surface area contributed by atoms with E-state index >= 15 is 0 Å². The highest BCUT2D eigenvalue weighted by molar-refractivity contribution is 5.93. The molecule has 28 heavy (non-hydrogen) atoms. The molecular weight excluding hydrogens is 360 g/mol. The average molecular weight is 384 g/mol. The van der Waals surface area contributed by atoms with Crippen LogP contribution in [0.5, 0.6) is 0 Å². The van der Waals surface area contributed by atoms with Gasteiger partial charge in [-0.2, -0.15) is 0 Å². The Hall–Kier alpha value is -3.00. The first-order chi connectivity index (χ1) is 13.5. The van der Waals surface area contributed by atoms with Gasteiger partial charge in [0.25, 0.3) is 5.56 Å². The van der Waals surface area contributed by atoms with E-state index in [1.165, 1.54) is 10.5 Å². The van der Waals surface area contributed by atoms with E-state index in [-0.39, 0.29) is 28.6 Å². The summed E-state index contributed by atoms with van der Waals surface area (Å²) < 4.78 is 13.5. The van der Waals surface area contributed by atoms with Gasteiger partial charge in [0.05, 0.1) is 12.0 Å². The molecule has 3 aromatic rings. The quantitative estimate of drug-likeness (QED) is 0.382. The Balaban J connectivity index is 2.30. The standard InChI is InChI=1S/C20H24N4O4/c1-4-27-11-7-10-23-16(21)14(20(26)28-5-2)12-15-18(23)22-17-13(3)8-6-9-24(17)19(15)25/h6,8-9,12,21H,4-5,7,10-11H2,1-3H3. The van der Waals surface area contributed by atoms with Crippen LogP contribution < -0.4 is 11.0 Å². The Morgan fingerprint density at radius 2 is 2.04 bits per heavy atom. The summed E-state index contributed by atoms with van der Waals surface area (Å²) in [5.41, 5.74) is 1.51. The smallest absolute Gasteiger partial charge is 0.341 e. The van der Waals surface area contributed by atoms with Crippen molar-refractivity contribution in [3.63, 3.8) is 0 Å². The lowest BCUT2D eigenvalue weighted by Crippen LogP contribution is -2.31. The normalized spacial score (nSPS) is 11.2. The lowest BCUT2D eigenvalue weighted by atomic mass is 10.2. The molecule has 0 radical (unpaired) electrons. The lowest BCUT2D eigenvalue weighted by Gasteiger charge is -2.15. The molecule has 3 heterocycles. The SMILES string of the molecule is CCOCCCn1c(=N)c(C(=O)OCC)cc2c(=O)n3cccc(C)c3nc21. The predicted octanol–water partition coefficient (Wildman–Crippen LogP) is 2.04. The summed E-state index contributed by atoms with van der Waals surface area (Å²) in [6.45, 7) is 7.20. The zero-order chi connectivity index (χ0) is 20.3. The molecule has 0 saturated carbocycles. The first kappa shape index (κ1) is 19.8. The van der Waals surface area contributed by atoms with Crippen molar-refractivity contribution < 1.29 is 14.3 Å². The third kappa shape index (κ3) is 3.55. The summed E-state index contributed by atoms with van der Waals surface area (Å²) >= 11 is 0. The number of fused-ring (bicyclic) bond motifs is 2. The lowest BCUT2D eigenvalue weighted by molar-refractivity contribution is 0.0523. The fraction of sp³-hybridized carbons (Fsp3) is 0.400. The summed E-state index contributed by atoms with van der Waals surface area (Å²) in [5.74, 6) is -0.623. The molecule has 0 aliphatic carbocycles. The van der Waals surface area contributed by atoms with Crippen molar-refractivity contribution in [1.82, 2.24) is 14.0 Å². The highest BCUT2D eigenvalue weighted by atomic mass is 16.5. The van der Waals surface area contributed by atoms with Crippen molar-refractivity contribution in [2.45, 2.75) is 33.7 Å². The second kappa shape index (κ2) is 8.35. The van der Waals surface area contributed by atoms with Crippen LogP contribution in [0.4, 0.5) is 0 Å². The maximum atomic E-state index is 13.1. The van der Waals surface area contributed by atoms with E-state index in [9.17, 15) is 9.59 Å². The largest absolute Gasteiger partial charge is 0.462 e. The van der Waals surface area contributed by atoms with Gasteiger partial charge >= 0.3 is 5.97 Å². The molecule has 0 aromatic carbocycles. The van der Waals surface area contributed by atoms with E-state index in [0.29, 0.717) is 37.5 Å². The molecule has 0 atom stereocenters. The average Bonchev–Trinajstić information content (AvgIpc) is 2.67. The molecule has 3 rings (SSSR count). The maximum absolute atomic E-state index is 13.1.